The predicted octanol–water partition coefficient (Wildman–Crippen LogP) is 3.05. The SMILES string of the molecule is Cc1nn(C)c2cc(NC(=O)c3cocn3)c(N3CCC(CO)CC3c3ccnc(N)c3)cc12. The van der Waals surface area contributed by atoms with E-state index in [0.717, 1.165) is 40.7 Å². The van der Waals surface area contributed by atoms with Crippen LogP contribution in [0.25, 0.3) is 10.9 Å². The standard InChI is InChI=1S/C24H27N7O3/c1-14-17-9-22(18(10-21(17)30(2)29-14)28-24(33)19-12-34-13-27-19)31-6-4-15(11-32)7-20(31)16-3-5-26-23(25)8-16/h3,5,8-10,12-13,15,20,32H,4,6-7,11H2,1-2H3,(H2,25,26)(H,28,33). The number of nitrogens with zero attached hydrogens (tertiary/aromatic N) is 5. The smallest absolute Gasteiger partial charge is 0.277 e. The number of carbonyl (C=O) groups excluding carboxylic acids is 1. The molecule has 4 aromatic rings. The predicted molar refractivity (Wildman–Crippen MR) is 128 cm³/mol. The Morgan fingerprint density at radius 1 is 1.32 bits per heavy atom. The van der Waals surface area contributed by atoms with Crippen molar-refractivity contribution in [2.45, 2.75) is 25.8 Å². The van der Waals surface area contributed by atoms with E-state index in [1.165, 1.54) is 12.7 Å². The van der Waals surface area contributed by atoms with Crippen molar-refractivity contribution in [3.05, 3.63) is 60.1 Å². The van der Waals surface area contributed by atoms with Gasteiger partial charge in [-0.15, -0.1) is 0 Å². The molecule has 3 aromatic heterocycles. The van der Waals surface area contributed by atoms with Crippen molar-refractivity contribution in [1.82, 2.24) is 19.7 Å². The molecule has 0 spiro atoms. The first kappa shape index (κ1) is 21.9. The molecular formula is C24H27N7O3. The lowest BCUT2D eigenvalue weighted by Crippen LogP contribution is -2.38. The van der Waals surface area contributed by atoms with Gasteiger partial charge in [-0.1, -0.05) is 0 Å². The van der Waals surface area contributed by atoms with Gasteiger partial charge < -0.3 is 25.5 Å². The van der Waals surface area contributed by atoms with Crippen molar-refractivity contribution in [1.29, 1.82) is 0 Å². The molecule has 0 bridgehead atoms. The molecule has 1 aromatic carbocycles. The Kier molecular flexibility index (Phi) is 5.66. The number of fused-ring (bicyclic) bond motifs is 1. The van der Waals surface area contributed by atoms with Crippen molar-refractivity contribution < 1.29 is 14.3 Å². The fourth-order valence-electron chi connectivity index (χ4n) is 4.80. The van der Waals surface area contributed by atoms with Gasteiger partial charge in [0.2, 0.25) is 0 Å². The Morgan fingerprint density at radius 2 is 2.18 bits per heavy atom. The van der Waals surface area contributed by atoms with Gasteiger partial charge in [-0.05, 0) is 55.5 Å². The summed E-state index contributed by atoms with van der Waals surface area (Å²) in [4.78, 5) is 23.3. The summed E-state index contributed by atoms with van der Waals surface area (Å²) in [6.07, 6.45) is 5.83. The van der Waals surface area contributed by atoms with E-state index >= 15 is 0 Å². The van der Waals surface area contributed by atoms with Gasteiger partial charge in [-0.3, -0.25) is 9.48 Å². The Hall–Kier alpha value is -3.92. The molecule has 1 aliphatic heterocycles. The molecular weight excluding hydrogens is 434 g/mol. The quantitative estimate of drug-likeness (QED) is 0.413. The molecule has 10 nitrogen and oxygen atoms in total. The first-order valence-corrected chi connectivity index (χ1v) is 11.2. The Morgan fingerprint density at radius 3 is 2.91 bits per heavy atom. The van der Waals surface area contributed by atoms with Gasteiger partial charge in [0.25, 0.3) is 5.91 Å². The van der Waals surface area contributed by atoms with Gasteiger partial charge in [0.05, 0.1) is 28.6 Å². The molecule has 2 unspecified atom stereocenters. The minimum absolute atomic E-state index is 0.0478. The highest BCUT2D eigenvalue weighted by atomic mass is 16.3. The number of nitrogens with two attached hydrogens (primary N) is 1. The summed E-state index contributed by atoms with van der Waals surface area (Å²) >= 11 is 0. The molecule has 34 heavy (non-hydrogen) atoms. The number of amides is 1. The van der Waals surface area contributed by atoms with Crippen LogP contribution in [0.15, 0.2) is 47.5 Å². The van der Waals surface area contributed by atoms with Gasteiger partial charge in [0, 0.05) is 31.8 Å². The first-order valence-electron chi connectivity index (χ1n) is 11.2. The average molecular weight is 462 g/mol. The molecule has 10 heteroatoms. The van der Waals surface area contributed by atoms with Gasteiger partial charge in [-0.2, -0.15) is 5.10 Å². The van der Waals surface area contributed by atoms with Crippen LogP contribution in [0.5, 0.6) is 0 Å². The third-order valence-corrected chi connectivity index (χ3v) is 6.53. The average Bonchev–Trinajstić information content (AvgIpc) is 3.47. The fourth-order valence-corrected chi connectivity index (χ4v) is 4.80. The number of aliphatic hydroxyl groups excluding tert-OH is 1. The zero-order valence-corrected chi connectivity index (χ0v) is 19.1. The normalized spacial score (nSPS) is 18.4. The van der Waals surface area contributed by atoms with Crippen LogP contribution in [-0.4, -0.2) is 43.9 Å². The Balaban J connectivity index is 1.63. The molecule has 4 N–H and O–H groups in total. The number of nitrogens with one attached hydrogen (secondary N) is 1. The Labute approximate surface area is 196 Å². The number of hydrogen-bond acceptors (Lipinski definition) is 8. The summed E-state index contributed by atoms with van der Waals surface area (Å²) in [5.74, 6) is 0.262. The second-order valence-corrected chi connectivity index (χ2v) is 8.72. The summed E-state index contributed by atoms with van der Waals surface area (Å²) in [6.45, 7) is 2.80. The minimum Gasteiger partial charge on any atom is -0.451 e. The molecule has 0 radical (unpaired) electrons. The number of hydrogen-bond donors (Lipinski definition) is 3. The number of aliphatic hydroxyl groups is 1. The molecule has 1 saturated heterocycles. The van der Waals surface area contributed by atoms with E-state index in [-0.39, 0.29) is 30.2 Å². The largest absolute Gasteiger partial charge is 0.451 e. The number of nitrogen functional groups attached to an aromatic ring is 1. The van der Waals surface area contributed by atoms with Crippen LogP contribution in [-0.2, 0) is 7.05 Å². The van der Waals surface area contributed by atoms with E-state index in [9.17, 15) is 9.90 Å². The lowest BCUT2D eigenvalue weighted by atomic mass is 9.87. The minimum atomic E-state index is -0.358. The van der Waals surface area contributed by atoms with E-state index in [0.29, 0.717) is 18.1 Å². The number of anilines is 3. The van der Waals surface area contributed by atoms with Crippen LogP contribution in [0.3, 0.4) is 0 Å². The van der Waals surface area contributed by atoms with Gasteiger partial charge in [0.1, 0.15) is 12.1 Å². The van der Waals surface area contributed by atoms with E-state index < -0.39 is 0 Å². The van der Waals surface area contributed by atoms with Crippen molar-refractivity contribution in [2.75, 3.05) is 29.1 Å². The number of rotatable bonds is 5. The van der Waals surface area contributed by atoms with Gasteiger partial charge in [-0.25, -0.2) is 9.97 Å². The second kappa shape index (κ2) is 8.79. The summed E-state index contributed by atoms with van der Waals surface area (Å²) in [6, 6.07) is 7.80. The van der Waals surface area contributed by atoms with Crippen LogP contribution < -0.4 is 16.0 Å². The van der Waals surface area contributed by atoms with Crippen molar-refractivity contribution in [3.63, 3.8) is 0 Å². The number of benzene rings is 1. The molecule has 1 aliphatic rings. The number of aromatic nitrogens is 4. The molecule has 1 fully saturated rings. The number of piperidine rings is 1. The van der Waals surface area contributed by atoms with Gasteiger partial charge in [0.15, 0.2) is 12.1 Å². The molecule has 176 valence electrons. The van der Waals surface area contributed by atoms with E-state index in [1.54, 1.807) is 10.9 Å². The van der Waals surface area contributed by atoms with Gasteiger partial charge >= 0.3 is 0 Å². The van der Waals surface area contributed by atoms with Crippen LogP contribution in [0, 0.1) is 12.8 Å². The molecule has 0 saturated carbocycles. The van der Waals surface area contributed by atoms with Crippen molar-refractivity contribution in [3.8, 4) is 0 Å². The molecule has 1 amide bonds. The number of oxazole rings is 1. The van der Waals surface area contributed by atoms with Crippen LogP contribution >= 0.6 is 0 Å². The summed E-state index contributed by atoms with van der Waals surface area (Å²) in [5, 5.41) is 18.5. The monoisotopic (exact) mass is 461 g/mol. The summed E-state index contributed by atoms with van der Waals surface area (Å²) in [5.41, 5.74) is 10.6. The number of aryl methyl sites for hydroxylation is 2. The topological polar surface area (TPSA) is 135 Å². The zero-order chi connectivity index (χ0) is 23.8. The maximum absolute atomic E-state index is 12.9. The maximum Gasteiger partial charge on any atom is 0.277 e. The summed E-state index contributed by atoms with van der Waals surface area (Å²) in [7, 11) is 1.88. The Bertz CT molecular complexity index is 1330. The second-order valence-electron chi connectivity index (χ2n) is 8.72. The fraction of sp³-hybridized carbons (Fsp3) is 0.333. The van der Waals surface area contributed by atoms with E-state index in [4.69, 9.17) is 10.2 Å². The number of carbonyl (C=O) groups is 1. The molecule has 5 rings (SSSR count). The van der Waals surface area contributed by atoms with E-state index in [1.807, 2.05) is 32.2 Å². The van der Waals surface area contributed by atoms with Crippen LogP contribution in [0.1, 0.15) is 40.6 Å². The van der Waals surface area contributed by atoms with Crippen LogP contribution in [0.4, 0.5) is 17.2 Å². The lowest BCUT2D eigenvalue weighted by Gasteiger charge is -2.41. The zero-order valence-electron chi connectivity index (χ0n) is 19.1. The highest BCUT2D eigenvalue weighted by Crippen LogP contribution is 2.42. The third-order valence-electron chi connectivity index (χ3n) is 6.53. The molecule has 0 aliphatic carbocycles. The van der Waals surface area contributed by atoms with E-state index in [2.05, 4.69) is 31.3 Å². The summed E-state index contributed by atoms with van der Waals surface area (Å²) < 4.78 is 6.79. The third kappa shape index (κ3) is 3.96. The lowest BCUT2D eigenvalue weighted by molar-refractivity contribution is 0.102. The number of pyridine rings is 1. The highest BCUT2D eigenvalue weighted by molar-refractivity contribution is 6.06. The molecule has 2 atom stereocenters. The maximum atomic E-state index is 12.9. The molecule has 4 heterocycles. The van der Waals surface area contributed by atoms with Crippen LogP contribution in [0.2, 0.25) is 0 Å². The van der Waals surface area contributed by atoms with Crippen molar-refractivity contribution >= 4 is 34.0 Å². The first-order chi connectivity index (χ1) is 16.4. The highest BCUT2D eigenvalue weighted by Gasteiger charge is 2.32. The van der Waals surface area contributed by atoms with Crippen molar-refractivity contribution in [2.24, 2.45) is 13.0 Å².